The zero-order valence-electron chi connectivity index (χ0n) is 18.1. The molecule has 4 aromatic carbocycles. The summed E-state index contributed by atoms with van der Waals surface area (Å²) in [6, 6.07) is 29.4. The third kappa shape index (κ3) is 3.83. The summed E-state index contributed by atoms with van der Waals surface area (Å²) in [7, 11) is 0. The second-order valence-electron chi connectivity index (χ2n) is 7.91. The Morgan fingerprint density at radius 1 is 0.613 bits per heavy atom. The molecule has 1 atom stereocenters. The zero-order valence-corrected chi connectivity index (χ0v) is 18.1. The van der Waals surface area contributed by atoms with Crippen LogP contribution in [0.2, 0.25) is 0 Å². The van der Waals surface area contributed by atoms with E-state index in [-0.39, 0.29) is 5.78 Å². The normalized spacial score (nSPS) is 11.9. The lowest BCUT2D eigenvalue weighted by Crippen LogP contribution is -2.17. The average Bonchev–Trinajstić information content (AvgIpc) is 2.80. The van der Waals surface area contributed by atoms with Gasteiger partial charge in [0.15, 0.2) is 5.78 Å². The number of carbonyl (C=O) groups excluding carboxylic acids is 1. The molecule has 4 rings (SSSR count). The van der Waals surface area contributed by atoms with Crippen molar-refractivity contribution < 1.29 is 9.90 Å². The van der Waals surface area contributed by atoms with Crippen LogP contribution in [-0.2, 0) is 0 Å². The van der Waals surface area contributed by atoms with Crippen LogP contribution in [0.15, 0.2) is 91.0 Å². The van der Waals surface area contributed by atoms with Gasteiger partial charge >= 0.3 is 0 Å². The molecule has 0 radical (unpaired) electrons. The molecule has 0 bridgehead atoms. The molecule has 0 aromatic heterocycles. The van der Waals surface area contributed by atoms with Gasteiger partial charge in [0.25, 0.3) is 0 Å². The van der Waals surface area contributed by atoms with E-state index in [0.29, 0.717) is 11.1 Å². The van der Waals surface area contributed by atoms with E-state index in [9.17, 15) is 9.90 Å². The van der Waals surface area contributed by atoms with Gasteiger partial charge in [0.1, 0.15) is 6.10 Å². The molecule has 0 fully saturated rings. The smallest absolute Gasteiger partial charge is 0.196 e. The van der Waals surface area contributed by atoms with E-state index in [1.807, 2.05) is 68.4 Å². The van der Waals surface area contributed by atoms with Gasteiger partial charge in [0, 0.05) is 5.56 Å². The molecular weight excluding hydrogens is 380 g/mol. The maximum Gasteiger partial charge on any atom is 0.196 e. The molecule has 154 valence electrons. The Morgan fingerprint density at radius 3 is 1.42 bits per heavy atom. The molecule has 1 unspecified atom stereocenters. The Morgan fingerprint density at radius 2 is 1.00 bits per heavy atom. The average molecular weight is 407 g/mol. The summed E-state index contributed by atoms with van der Waals surface area (Å²) in [5, 5.41) is 10.9. The van der Waals surface area contributed by atoms with E-state index < -0.39 is 6.10 Å². The van der Waals surface area contributed by atoms with Crippen molar-refractivity contribution in [2.75, 3.05) is 0 Å². The quantitative estimate of drug-likeness (QED) is 0.368. The number of aliphatic hydroxyl groups is 1. The first kappa shape index (κ1) is 20.8. The Hall–Kier alpha value is -3.49. The maximum atomic E-state index is 13.6. The number of ketones is 1. The highest BCUT2D eigenvalue weighted by atomic mass is 16.3. The van der Waals surface area contributed by atoms with Gasteiger partial charge in [-0.3, -0.25) is 4.79 Å². The highest BCUT2D eigenvalue weighted by Gasteiger charge is 2.27. The fraction of sp³-hybridized carbons (Fsp3) is 0.138. The molecular formula is C29H26O2. The summed E-state index contributed by atoms with van der Waals surface area (Å²) in [5.41, 5.74) is 8.38. The summed E-state index contributed by atoms with van der Waals surface area (Å²) >= 11 is 0. The number of Topliss-reactive ketones (excluding diaryl/α,β-unsaturated/α-hetero) is 1. The van der Waals surface area contributed by atoms with Crippen molar-refractivity contribution in [1.29, 1.82) is 0 Å². The number of rotatable bonds is 5. The molecule has 0 aliphatic carbocycles. The summed E-state index contributed by atoms with van der Waals surface area (Å²) in [4.78, 5) is 13.6. The Balaban J connectivity index is 2.00. The van der Waals surface area contributed by atoms with Crippen LogP contribution < -0.4 is 0 Å². The summed E-state index contributed by atoms with van der Waals surface area (Å²) < 4.78 is 0. The van der Waals surface area contributed by atoms with Gasteiger partial charge in [-0.2, -0.15) is 0 Å². The van der Waals surface area contributed by atoms with Crippen LogP contribution in [-0.4, -0.2) is 10.9 Å². The van der Waals surface area contributed by atoms with Gasteiger partial charge in [-0.15, -0.1) is 0 Å². The standard InChI is InChI=1S/C29H26O2/c1-19-25(22-13-7-4-8-14-22)20(2)27(21(3)26(19)23-15-9-5-10-16-23)29(31)28(30)24-17-11-6-12-18-24/h4-18,28,30H,1-3H3. The predicted octanol–water partition coefficient (Wildman–Crippen LogP) is 6.86. The van der Waals surface area contributed by atoms with E-state index >= 15 is 0 Å². The number of hydrogen-bond donors (Lipinski definition) is 1. The van der Waals surface area contributed by atoms with Crippen LogP contribution in [0.3, 0.4) is 0 Å². The predicted molar refractivity (Wildman–Crippen MR) is 127 cm³/mol. The van der Waals surface area contributed by atoms with E-state index in [1.54, 1.807) is 12.1 Å². The highest BCUT2D eigenvalue weighted by Crippen LogP contribution is 2.40. The molecule has 0 aliphatic heterocycles. The SMILES string of the molecule is Cc1c(C(=O)C(O)c2ccccc2)c(C)c(-c2ccccc2)c(C)c1-c1ccccc1. The lowest BCUT2D eigenvalue weighted by molar-refractivity contribution is 0.0746. The molecule has 0 spiro atoms. The van der Waals surface area contributed by atoms with Crippen LogP contribution >= 0.6 is 0 Å². The molecule has 31 heavy (non-hydrogen) atoms. The third-order valence-electron chi connectivity index (χ3n) is 5.98. The maximum absolute atomic E-state index is 13.6. The summed E-state index contributed by atoms with van der Waals surface area (Å²) in [6.45, 7) is 6.09. The van der Waals surface area contributed by atoms with Gasteiger partial charge in [-0.25, -0.2) is 0 Å². The first-order valence-electron chi connectivity index (χ1n) is 10.5. The van der Waals surface area contributed by atoms with Gasteiger partial charge in [0.2, 0.25) is 0 Å². The van der Waals surface area contributed by atoms with Crippen molar-refractivity contribution in [2.24, 2.45) is 0 Å². The number of aliphatic hydroxyl groups excluding tert-OH is 1. The molecule has 2 heteroatoms. The van der Waals surface area contributed by atoms with Crippen LogP contribution in [0.5, 0.6) is 0 Å². The van der Waals surface area contributed by atoms with Crippen molar-refractivity contribution in [3.8, 4) is 22.3 Å². The van der Waals surface area contributed by atoms with Crippen molar-refractivity contribution in [2.45, 2.75) is 26.9 Å². The largest absolute Gasteiger partial charge is 0.380 e. The first-order chi connectivity index (χ1) is 15.0. The lowest BCUT2D eigenvalue weighted by atomic mass is 9.80. The second-order valence-corrected chi connectivity index (χ2v) is 7.91. The number of benzene rings is 4. The van der Waals surface area contributed by atoms with Gasteiger partial charge in [-0.1, -0.05) is 91.0 Å². The van der Waals surface area contributed by atoms with E-state index in [0.717, 1.165) is 38.9 Å². The van der Waals surface area contributed by atoms with Crippen molar-refractivity contribution >= 4 is 5.78 Å². The van der Waals surface area contributed by atoms with Crippen molar-refractivity contribution in [3.63, 3.8) is 0 Å². The van der Waals surface area contributed by atoms with Gasteiger partial charge < -0.3 is 5.11 Å². The number of carbonyl (C=O) groups is 1. The molecule has 0 amide bonds. The third-order valence-corrected chi connectivity index (χ3v) is 5.98. The van der Waals surface area contributed by atoms with Crippen LogP contribution in [0.25, 0.3) is 22.3 Å². The Bertz CT molecular complexity index is 1140. The molecule has 0 saturated carbocycles. The van der Waals surface area contributed by atoms with E-state index in [4.69, 9.17) is 0 Å². The monoisotopic (exact) mass is 406 g/mol. The lowest BCUT2D eigenvalue weighted by Gasteiger charge is -2.23. The number of hydrogen-bond acceptors (Lipinski definition) is 2. The van der Waals surface area contributed by atoms with Gasteiger partial charge in [-0.05, 0) is 65.3 Å². The zero-order chi connectivity index (χ0) is 22.0. The highest BCUT2D eigenvalue weighted by molar-refractivity contribution is 6.06. The molecule has 1 N–H and O–H groups in total. The fourth-order valence-corrected chi connectivity index (χ4v) is 4.59. The van der Waals surface area contributed by atoms with Crippen molar-refractivity contribution in [1.82, 2.24) is 0 Å². The molecule has 0 heterocycles. The minimum Gasteiger partial charge on any atom is -0.380 e. The molecule has 2 nitrogen and oxygen atoms in total. The molecule has 0 aliphatic rings. The van der Waals surface area contributed by atoms with E-state index in [2.05, 4.69) is 31.2 Å². The second kappa shape index (κ2) is 8.71. The van der Waals surface area contributed by atoms with Crippen LogP contribution in [0.4, 0.5) is 0 Å². The van der Waals surface area contributed by atoms with Gasteiger partial charge in [0.05, 0.1) is 0 Å². The summed E-state index contributed by atoms with van der Waals surface area (Å²) in [5.74, 6) is -0.268. The topological polar surface area (TPSA) is 37.3 Å². The minimum absolute atomic E-state index is 0.268. The fourth-order valence-electron chi connectivity index (χ4n) is 4.59. The Labute approximate surface area is 183 Å². The van der Waals surface area contributed by atoms with E-state index in [1.165, 1.54) is 0 Å². The minimum atomic E-state index is -1.20. The Kier molecular flexibility index (Phi) is 5.83. The van der Waals surface area contributed by atoms with Crippen LogP contribution in [0, 0.1) is 20.8 Å². The molecule has 0 saturated heterocycles. The first-order valence-corrected chi connectivity index (χ1v) is 10.5. The van der Waals surface area contributed by atoms with Crippen molar-refractivity contribution in [3.05, 3.63) is 119 Å². The molecule has 4 aromatic rings. The summed E-state index contributed by atoms with van der Waals surface area (Å²) in [6.07, 6.45) is -1.20. The van der Waals surface area contributed by atoms with Crippen LogP contribution in [0.1, 0.15) is 38.7 Å².